The van der Waals surface area contributed by atoms with Gasteiger partial charge in [-0.2, -0.15) is 12.6 Å². The average Bonchev–Trinajstić information content (AvgIpc) is 3.12. The minimum absolute atomic E-state index is 0.180. The number of hydrogen-bond donors (Lipinski definition) is 7. The minimum atomic E-state index is -1.40. The molecule has 12 nitrogen and oxygen atoms in total. The molecule has 0 saturated carbocycles. The van der Waals surface area contributed by atoms with Crippen LogP contribution in [0.15, 0.2) is 0 Å². The molecule has 4 atom stereocenters. The lowest BCUT2D eigenvalue weighted by atomic mass is 10.1. The van der Waals surface area contributed by atoms with Crippen LogP contribution >= 0.6 is 12.6 Å². The summed E-state index contributed by atoms with van der Waals surface area (Å²) in [6.45, 7) is -0.599. The van der Waals surface area contributed by atoms with Gasteiger partial charge in [-0.15, -0.1) is 0 Å². The topological polar surface area (TPSA) is 199 Å². The molecule has 1 aliphatic rings. The molecule has 0 aromatic carbocycles. The zero-order valence-electron chi connectivity index (χ0n) is 14.9. The highest BCUT2D eigenvalue weighted by molar-refractivity contribution is 7.80. The van der Waals surface area contributed by atoms with Crippen molar-refractivity contribution in [2.75, 3.05) is 18.9 Å². The van der Waals surface area contributed by atoms with E-state index in [1.54, 1.807) is 0 Å². The first-order chi connectivity index (χ1) is 13.1. The SMILES string of the molecule is NC(CC(=O)O)C(=O)NC(CS)C(=O)NC(CO)C(=O)N1CCCC1C(=O)O. The smallest absolute Gasteiger partial charge is 0.326 e. The van der Waals surface area contributed by atoms with Crippen LogP contribution in [0.3, 0.4) is 0 Å². The Morgan fingerprint density at radius 3 is 2.21 bits per heavy atom. The van der Waals surface area contributed by atoms with Crippen molar-refractivity contribution in [2.24, 2.45) is 5.73 Å². The highest BCUT2D eigenvalue weighted by Gasteiger charge is 2.38. The minimum Gasteiger partial charge on any atom is -0.481 e. The van der Waals surface area contributed by atoms with Crippen molar-refractivity contribution in [1.29, 1.82) is 0 Å². The summed E-state index contributed by atoms with van der Waals surface area (Å²) >= 11 is 3.93. The molecule has 0 radical (unpaired) electrons. The Balaban J connectivity index is 2.75. The number of rotatable bonds is 10. The van der Waals surface area contributed by atoms with Crippen LogP contribution in [0.1, 0.15) is 19.3 Å². The van der Waals surface area contributed by atoms with E-state index < -0.39 is 66.9 Å². The fraction of sp³-hybridized carbons (Fsp3) is 0.667. The Kier molecular flexibility index (Phi) is 9.15. The molecule has 28 heavy (non-hydrogen) atoms. The summed E-state index contributed by atoms with van der Waals surface area (Å²) in [6.07, 6.45) is 0.103. The van der Waals surface area contributed by atoms with E-state index in [2.05, 4.69) is 23.3 Å². The normalized spacial score (nSPS) is 19.4. The monoisotopic (exact) mass is 420 g/mol. The van der Waals surface area contributed by atoms with Crippen molar-refractivity contribution >= 4 is 42.3 Å². The van der Waals surface area contributed by atoms with Crippen LogP contribution in [0, 0.1) is 0 Å². The van der Waals surface area contributed by atoms with Crippen molar-refractivity contribution < 1.29 is 39.3 Å². The van der Waals surface area contributed by atoms with Crippen LogP contribution in [0.25, 0.3) is 0 Å². The predicted octanol–water partition coefficient (Wildman–Crippen LogP) is -3.24. The molecular formula is C15H24N4O8S. The summed E-state index contributed by atoms with van der Waals surface area (Å²) in [5, 5.41) is 31.7. The van der Waals surface area contributed by atoms with Gasteiger partial charge in [0.2, 0.25) is 17.7 Å². The quantitative estimate of drug-likeness (QED) is 0.177. The van der Waals surface area contributed by atoms with Gasteiger partial charge in [-0.3, -0.25) is 19.2 Å². The van der Waals surface area contributed by atoms with Gasteiger partial charge in [-0.1, -0.05) is 0 Å². The second-order valence-corrected chi connectivity index (χ2v) is 6.58. The third-order valence-corrected chi connectivity index (χ3v) is 4.53. The molecule has 3 amide bonds. The number of nitrogens with zero attached hydrogens (tertiary/aromatic N) is 1. The molecule has 4 unspecified atom stereocenters. The van der Waals surface area contributed by atoms with E-state index in [-0.39, 0.29) is 18.7 Å². The Hall–Kier alpha value is -2.38. The molecule has 0 aliphatic carbocycles. The Morgan fingerprint density at radius 1 is 1.11 bits per heavy atom. The number of thiol groups is 1. The van der Waals surface area contributed by atoms with Gasteiger partial charge in [0.1, 0.15) is 18.1 Å². The maximum atomic E-state index is 12.5. The third-order valence-electron chi connectivity index (χ3n) is 4.16. The number of aliphatic carboxylic acids is 2. The van der Waals surface area contributed by atoms with Gasteiger partial charge < -0.3 is 36.6 Å². The van der Waals surface area contributed by atoms with E-state index >= 15 is 0 Å². The number of aliphatic hydroxyl groups excluding tert-OH is 1. The fourth-order valence-corrected chi connectivity index (χ4v) is 2.96. The van der Waals surface area contributed by atoms with Crippen LogP contribution in [0.5, 0.6) is 0 Å². The summed E-state index contributed by atoms with van der Waals surface area (Å²) < 4.78 is 0. The molecule has 1 aliphatic heterocycles. The van der Waals surface area contributed by atoms with Gasteiger partial charge in [0.25, 0.3) is 0 Å². The zero-order chi connectivity index (χ0) is 21.4. The second-order valence-electron chi connectivity index (χ2n) is 6.22. The number of hydrogen-bond acceptors (Lipinski definition) is 8. The number of carboxylic acids is 2. The highest BCUT2D eigenvalue weighted by Crippen LogP contribution is 2.18. The van der Waals surface area contributed by atoms with Gasteiger partial charge in [-0.25, -0.2) is 4.79 Å². The van der Waals surface area contributed by atoms with Gasteiger partial charge in [0.05, 0.1) is 19.1 Å². The van der Waals surface area contributed by atoms with Crippen molar-refractivity contribution in [3.63, 3.8) is 0 Å². The first-order valence-corrected chi connectivity index (χ1v) is 9.08. The highest BCUT2D eigenvalue weighted by atomic mass is 32.1. The maximum absolute atomic E-state index is 12.5. The van der Waals surface area contributed by atoms with Crippen LogP contribution in [0.2, 0.25) is 0 Å². The molecule has 7 N–H and O–H groups in total. The van der Waals surface area contributed by atoms with E-state index in [4.69, 9.17) is 15.9 Å². The van der Waals surface area contributed by atoms with Gasteiger partial charge in [-0.05, 0) is 12.8 Å². The van der Waals surface area contributed by atoms with E-state index in [1.165, 1.54) is 0 Å². The number of amides is 3. The molecule has 0 aromatic rings. The summed E-state index contributed by atoms with van der Waals surface area (Å²) in [5.74, 6) is -5.17. The lowest BCUT2D eigenvalue weighted by molar-refractivity contribution is -0.150. The first kappa shape index (κ1) is 23.7. The standard InChI is InChI=1S/C15H24N4O8S/c16-7(4-11(21)22)12(23)18-9(6-28)13(24)17-8(5-20)14(25)19-3-1-2-10(19)15(26)27/h7-10,20,28H,1-6,16H2,(H,17,24)(H,18,23)(H,21,22)(H,26,27). The molecule has 158 valence electrons. The van der Waals surface area contributed by atoms with E-state index in [1.807, 2.05) is 0 Å². The Labute approximate surface area is 165 Å². The average molecular weight is 420 g/mol. The summed E-state index contributed by atoms with van der Waals surface area (Å²) in [7, 11) is 0. The maximum Gasteiger partial charge on any atom is 0.326 e. The number of nitrogens with one attached hydrogen (secondary N) is 2. The molecule has 0 bridgehead atoms. The van der Waals surface area contributed by atoms with Crippen LogP contribution in [-0.4, -0.2) is 93.0 Å². The zero-order valence-corrected chi connectivity index (χ0v) is 15.8. The fourth-order valence-electron chi connectivity index (χ4n) is 2.70. The largest absolute Gasteiger partial charge is 0.481 e. The van der Waals surface area contributed by atoms with Gasteiger partial charge >= 0.3 is 11.9 Å². The van der Waals surface area contributed by atoms with Crippen molar-refractivity contribution in [3.8, 4) is 0 Å². The number of nitrogens with two attached hydrogens (primary N) is 1. The van der Waals surface area contributed by atoms with E-state index in [9.17, 15) is 29.1 Å². The lowest BCUT2D eigenvalue weighted by Gasteiger charge is -2.27. The number of aliphatic hydroxyl groups is 1. The van der Waals surface area contributed by atoms with E-state index in [0.29, 0.717) is 6.42 Å². The number of likely N-dealkylation sites (tertiary alicyclic amines) is 1. The van der Waals surface area contributed by atoms with E-state index in [0.717, 1.165) is 4.90 Å². The molecule has 1 rings (SSSR count). The number of carboxylic acid groups (broad SMARTS) is 2. The van der Waals surface area contributed by atoms with Crippen molar-refractivity contribution in [3.05, 3.63) is 0 Å². The molecule has 1 heterocycles. The summed E-state index contributed by atoms with van der Waals surface area (Å²) in [6, 6.07) is -5.07. The van der Waals surface area contributed by atoms with Crippen LogP contribution in [-0.2, 0) is 24.0 Å². The summed E-state index contributed by atoms with van der Waals surface area (Å²) in [5.41, 5.74) is 5.42. The molecule has 0 spiro atoms. The summed E-state index contributed by atoms with van der Waals surface area (Å²) in [4.78, 5) is 59.6. The molecule has 0 aromatic heterocycles. The molecular weight excluding hydrogens is 396 g/mol. The van der Waals surface area contributed by atoms with Gasteiger partial charge in [0.15, 0.2) is 0 Å². The predicted molar refractivity (Wildman–Crippen MR) is 97.4 cm³/mol. The van der Waals surface area contributed by atoms with Gasteiger partial charge in [0, 0.05) is 12.3 Å². The Bertz CT molecular complexity index is 631. The van der Waals surface area contributed by atoms with Crippen molar-refractivity contribution in [1.82, 2.24) is 15.5 Å². The molecule has 1 fully saturated rings. The molecule has 1 saturated heterocycles. The van der Waals surface area contributed by atoms with Crippen LogP contribution < -0.4 is 16.4 Å². The number of carbonyl (C=O) groups is 5. The molecule has 13 heteroatoms. The third kappa shape index (κ3) is 6.35. The van der Waals surface area contributed by atoms with Crippen molar-refractivity contribution in [2.45, 2.75) is 43.4 Å². The number of carbonyl (C=O) groups excluding carboxylic acids is 3. The first-order valence-electron chi connectivity index (χ1n) is 8.45. The Morgan fingerprint density at radius 2 is 1.71 bits per heavy atom. The van der Waals surface area contributed by atoms with Crippen LogP contribution in [0.4, 0.5) is 0 Å². The lowest BCUT2D eigenvalue weighted by Crippen LogP contribution is -2.58. The second kappa shape index (κ2) is 10.8.